The molecule has 0 unspecified atom stereocenters. The highest BCUT2D eigenvalue weighted by Crippen LogP contribution is 2.20. The summed E-state index contributed by atoms with van der Waals surface area (Å²) in [6.45, 7) is 0.458. The topological polar surface area (TPSA) is 52.0 Å². The molecule has 1 rings (SSSR count). The van der Waals surface area contributed by atoms with Crippen molar-refractivity contribution in [3.8, 4) is 0 Å². The molecule has 0 saturated heterocycles. The minimum atomic E-state index is -1.47. The van der Waals surface area contributed by atoms with Crippen LogP contribution < -0.4 is 11.5 Å². The second kappa shape index (κ2) is 5.14. The Morgan fingerprint density at radius 3 is 2.13 bits per heavy atom. The molecule has 1 aromatic carbocycles. The molecule has 4 N–H and O–H groups in total. The molecule has 0 bridgehead atoms. The van der Waals surface area contributed by atoms with Crippen molar-refractivity contribution in [2.24, 2.45) is 11.5 Å². The lowest BCUT2D eigenvalue weighted by molar-refractivity contribution is 0.442. The van der Waals surface area contributed by atoms with Crippen LogP contribution in [0.3, 0.4) is 0 Å². The first-order valence-electron chi connectivity index (χ1n) is 4.66. The van der Waals surface area contributed by atoms with Gasteiger partial charge in [-0.05, 0) is 37.1 Å². The zero-order valence-electron chi connectivity index (χ0n) is 8.14. The molecule has 0 amide bonds. The molecule has 15 heavy (non-hydrogen) atoms. The summed E-state index contributed by atoms with van der Waals surface area (Å²) in [7, 11) is 0. The maximum Gasteiger partial charge on any atom is 0.194 e. The summed E-state index contributed by atoms with van der Waals surface area (Å²) >= 11 is 0. The Morgan fingerprint density at radius 2 is 1.67 bits per heavy atom. The second-order valence-corrected chi connectivity index (χ2v) is 3.34. The van der Waals surface area contributed by atoms with E-state index in [0.29, 0.717) is 19.4 Å². The minimum Gasteiger partial charge on any atom is -0.330 e. The van der Waals surface area contributed by atoms with Gasteiger partial charge in [0.1, 0.15) is 0 Å². The van der Waals surface area contributed by atoms with Gasteiger partial charge >= 0.3 is 0 Å². The maximum absolute atomic E-state index is 12.8. The Hall–Kier alpha value is -1.07. The van der Waals surface area contributed by atoms with Gasteiger partial charge in [-0.15, -0.1) is 0 Å². The molecule has 0 radical (unpaired) electrons. The van der Waals surface area contributed by atoms with Crippen LogP contribution >= 0.6 is 0 Å². The number of nitrogens with two attached hydrogens (primary N) is 2. The molecule has 0 aliphatic heterocycles. The van der Waals surface area contributed by atoms with E-state index in [1.54, 1.807) is 0 Å². The molecule has 2 nitrogen and oxygen atoms in total. The minimum absolute atomic E-state index is 0.250. The molecule has 0 fully saturated rings. The predicted molar refractivity (Wildman–Crippen MR) is 51.5 cm³/mol. The monoisotopic (exact) mass is 218 g/mol. The van der Waals surface area contributed by atoms with E-state index in [9.17, 15) is 13.2 Å². The van der Waals surface area contributed by atoms with Crippen molar-refractivity contribution in [2.45, 2.75) is 18.9 Å². The van der Waals surface area contributed by atoms with Crippen LogP contribution in [0.5, 0.6) is 0 Å². The average Bonchev–Trinajstić information content (AvgIpc) is 2.21. The van der Waals surface area contributed by atoms with E-state index in [1.807, 2.05) is 0 Å². The van der Waals surface area contributed by atoms with E-state index in [0.717, 1.165) is 12.1 Å². The quantitative estimate of drug-likeness (QED) is 0.757. The van der Waals surface area contributed by atoms with Crippen molar-refractivity contribution >= 4 is 0 Å². The molecule has 0 aliphatic carbocycles. The van der Waals surface area contributed by atoms with Crippen molar-refractivity contribution in [1.82, 2.24) is 0 Å². The molecular weight excluding hydrogens is 205 g/mol. The van der Waals surface area contributed by atoms with Crippen LogP contribution in [0.4, 0.5) is 13.2 Å². The molecule has 84 valence electrons. The highest BCUT2D eigenvalue weighted by Gasteiger charge is 2.14. The first-order chi connectivity index (χ1) is 7.06. The van der Waals surface area contributed by atoms with Gasteiger partial charge in [-0.1, -0.05) is 0 Å². The molecule has 0 heterocycles. The van der Waals surface area contributed by atoms with Gasteiger partial charge in [0.05, 0.1) is 0 Å². The van der Waals surface area contributed by atoms with E-state index in [-0.39, 0.29) is 5.56 Å². The van der Waals surface area contributed by atoms with Crippen molar-refractivity contribution < 1.29 is 13.2 Å². The molecule has 0 spiro atoms. The summed E-state index contributed by atoms with van der Waals surface area (Å²) in [6, 6.07) is 1.32. The van der Waals surface area contributed by atoms with Crippen LogP contribution in [0, 0.1) is 17.5 Å². The summed E-state index contributed by atoms with van der Waals surface area (Å²) in [4.78, 5) is 0. The number of hydrogen-bond donors (Lipinski definition) is 2. The summed E-state index contributed by atoms with van der Waals surface area (Å²) in [5.41, 5.74) is 11.2. The van der Waals surface area contributed by atoms with Crippen molar-refractivity contribution in [3.63, 3.8) is 0 Å². The first kappa shape index (κ1) is 12.0. The fourth-order valence-electron chi connectivity index (χ4n) is 1.29. The zero-order valence-corrected chi connectivity index (χ0v) is 8.14. The van der Waals surface area contributed by atoms with E-state index in [1.165, 1.54) is 0 Å². The fourth-order valence-corrected chi connectivity index (χ4v) is 1.29. The van der Waals surface area contributed by atoms with Gasteiger partial charge < -0.3 is 11.5 Å². The molecule has 1 atom stereocenters. The zero-order chi connectivity index (χ0) is 11.4. The second-order valence-electron chi connectivity index (χ2n) is 3.34. The lowest BCUT2D eigenvalue weighted by Crippen LogP contribution is -2.13. The van der Waals surface area contributed by atoms with Crippen molar-refractivity contribution in [3.05, 3.63) is 35.1 Å². The van der Waals surface area contributed by atoms with Gasteiger partial charge in [0.2, 0.25) is 0 Å². The SMILES string of the molecule is NCCC[C@H](N)c1cc(F)c(F)c(F)c1. The van der Waals surface area contributed by atoms with Gasteiger partial charge in [-0.2, -0.15) is 0 Å². The van der Waals surface area contributed by atoms with Crippen LogP contribution in [0.25, 0.3) is 0 Å². The average molecular weight is 218 g/mol. The van der Waals surface area contributed by atoms with Crippen LogP contribution in [0.15, 0.2) is 12.1 Å². The third-order valence-corrected chi connectivity index (χ3v) is 2.15. The summed E-state index contributed by atoms with van der Waals surface area (Å²) in [6.07, 6.45) is 1.17. The Bertz CT molecular complexity index is 318. The first-order valence-corrected chi connectivity index (χ1v) is 4.66. The van der Waals surface area contributed by atoms with Crippen LogP contribution in [-0.4, -0.2) is 6.54 Å². The molecule has 0 saturated carbocycles. The molecule has 0 aromatic heterocycles. The van der Waals surface area contributed by atoms with Crippen molar-refractivity contribution in [1.29, 1.82) is 0 Å². The molecular formula is C10H13F3N2. The largest absolute Gasteiger partial charge is 0.330 e. The Balaban J connectivity index is 2.86. The standard InChI is InChI=1S/C10H13F3N2/c11-7-4-6(5-8(12)10(7)13)9(15)2-1-3-14/h4-5,9H,1-3,14-15H2/t9-/m0/s1. The van der Waals surface area contributed by atoms with Gasteiger partial charge in [0.15, 0.2) is 17.5 Å². The van der Waals surface area contributed by atoms with Crippen LogP contribution in [0.2, 0.25) is 0 Å². The Kier molecular flexibility index (Phi) is 4.11. The smallest absolute Gasteiger partial charge is 0.194 e. The lowest BCUT2D eigenvalue weighted by Gasteiger charge is -2.11. The third kappa shape index (κ3) is 2.94. The highest BCUT2D eigenvalue weighted by molar-refractivity contribution is 5.22. The van der Waals surface area contributed by atoms with E-state index in [4.69, 9.17) is 11.5 Å². The predicted octanol–water partition coefficient (Wildman–Crippen LogP) is 1.84. The fraction of sp³-hybridized carbons (Fsp3) is 0.400. The van der Waals surface area contributed by atoms with Crippen molar-refractivity contribution in [2.75, 3.05) is 6.54 Å². The van der Waals surface area contributed by atoms with Gasteiger partial charge in [0.25, 0.3) is 0 Å². The molecule has 5 heteroatoms. The van der Waals surface area contributed by atoms with Crippen LogP contribution in [-0.2, 0) is 0 Å². The van der Waals surface area contributed by atoms with E-state index >= 15 is 0 Å². The van der Waals surface area contributed by atoms with Gasteiger partial charge in [-0.25, -0.2) is 13.2 Å². The van der Waals surface area contributed by atoms with Crippen LogP contribution in [0.1, 0.15) is 24.4 Å². The normalized spacial score (nSPS) is 12.9. The summed E-state index contributed by atoms with van der Waals surface area (Å²) < 4.78 is 38.3. The maximum atomic E-state index is 12.8. The summed E-state index contributed by atoms with van der Waals surface area (Å²) in [5, 5.41) is 0. The number of hydrogen-bond acceptors (Lipinski definition) is 2. The number of rotatable bonds is 4. The third-order valence-electron chi connectivity index (χ3n) is 2.15. The molecule has 1 aromatic rings. The lowest BCUT2D eigenvalue weighted by atomic mass is 10.0. The molecule has 0 aliphatic rings. The Labute approximate surface area is 86.1 Å². The van der Waals surface area contributed by atoms with E-state index in [2.05, 4.69) is 0 Å². The van der Waals surface area contributed by atoms with Gasteiger partial charge in [0, 0.05) is 6.04 Å². The van der Waals surface area contributed by atoms with E-state index < -0.39 is 23.5 Å². The summed E-state index contributed by atoms with van der Waals surface area (Å²) in [5.74, 6) is -3.90. The number of halogens is 3. The highest BCUT2D eigenvalue weighted by atomic mass is 19.2. The number of benzene rings is 1. The van der Waals surface area contributed by atoms with Gasteiger partial charge in [-0.3, -0.25) is 0 Å². The Morgan fingerprint density at radius 1 is 1.13 bits per heavy atom.